The second kappa shape index (κ2) is 11.2. The van der Waals surface area contributed by atoms with Crippen LogP contribution in [0.1, 0.15) is 65.2 Å². The van der Waals surface area contributed by atoms with Crippen LogP contribution in [0.2, 0.25) is 0 Å². The molecule has 118 valence electrons. The van der Waals surface area contributed by atoms with Crippen LogP contribution in [0.15, 0.2) is 24.3 Å². The zero-order valence-corrected chi connectivity index (χ0v) is 13.4. The van der Waals surface area contributed by atoms with E-state index in [1.165, 1.54) is 51.9 Å². The fourth-order valence-corrected chi connectivity index (χ4v) is 2.20. The van der Waals surface area contributed by atoms with Crippen LogP contribution in [0.4, 0.5) is 0 Å². The number of carbonyl (C=O) groups excluding carboxylic acids is 1. The number of ether oxygens (including phenoxy) is 2. The SMILES string of the molecule is CCCCCCCCCCOc1ccc(OC(C)=O)cc1. The lowest BCUT2D eigenvalue weighted by atomic mass is 10.1. The summed E-state index contributed by atoms with van der Waals surface area (Å²) in [5.41, 5.74) is 0. The van der Waals surface area contributed by atoms with Gasteiger partial charge in [-0.1, -0.05) is 51.9 Å². The highest BCUT2D eigenvalue weighted by Crippen LogP contribution is 2.18. The molecule has 0 atom stereocenters. The Kier molecular flexibility index (Phi) is 9.34. The molecule has 21 heavy (non-hydrogen) atoms. The van der Waals surface area contributed by atoms with Gasteiger partial charge in [0.05, 0.1) is 6.61 Å². The minimum Gasteiger partial charge on any atom is -0.494 e. The van der Waals surface area contributed by atoms with Gasteiger partial charge in [0.25, 0.3) is 0 Å². The van der Waals surface area contributed by atoms with E-state index in [2.05, 4.69) is 6.92 Å². The van der Waals surface area contributed by atoms with E-state index in [0.717, 1.165) is 18.8 Å². The van der Waals surface area contributed by atoms with Gasteiger partial charge in [-0.15, -0.1) is 0 Å². The van der Waals surface area contributed by atoms with Crippen LogP contribution in [-0.2, 0) is 4.79 Å². The lowest BCUT2D eigenvalue weighted by Gasteiger charge is -2.07. The van der Waals surface area contributed by atoms with Gasteiger partial charge in [-0.25, -0.2) is 0 Å². The van der Waals surface area contributed by atoms with E-state index < -0.39 is 0 Å². The Morgan fingerprint density at radius 3 is 1.95 bits per heavy atom. The summed E-state index contributed by atoms with van der Waals surface area (Å²) in [6.07, 6.45) is 10.4. The van der Waals surface area contributed by atoms with Gasteiger partial charge in [0.2, 0.25) is 0 Å². The average Bonchev–Trinajstić information content (AvgIpc) is 2.47. The largest absolute Gasteiger partial charge is 0.494 e. The Bertz CT molecular complexity index is 384. The van der Waals surface area contributed by atoms with E-state index in [1.807, 2.05) is 12.1 Å². The Morgan fingerprint density at radius 2 is 1.38 bits per heavy atom. The van der Waals surface area contributed by atoms with Gasteiger partial charge in [0.1, 0.15) is 11.5 Å². The molecule has 3 heteroatoms. The molecule has 1 aromatic carbocycles. The van der Waals surface area contributed by atoms with E-state index >= 15 is 0 Å². The van der Waals surface area contributed by atoms with Gasteiger partial charge >= 0.3 is 5.97 Å². The van der Waals surface area contributed by atoms with E-state index in [4.69, 9.17) is 9.47 Å². The van der Waals surface area contributed by atoms with Crippen molar-refractivity contribution in [3.05, 3.63) is 24.3 Å². The molecule has 0 aromatic heterocycles. The molecule has 0 radical (unpaired) electrons. The quantitative estimate of drug-likeness (QED) is 0.322. The standard InChI is InChI=1S/C18H28O3/c1-3-4-5-6-7-8-9-10-15-20-17-11-13-18(14-12-17)21-16(2)19/h11-14H,3-10,15H2,1-2H3. The first-order valence-electron chi connectivity index (χ1n) is 8.13. The van der Waals surface area contributed by atoms with Gasteiger partial charge < -0.3 is 9.47 Å². The molecule has 0 spiro atoms. The smallest absolute Gasteiger partial charge is 0.308 e. The van der Waals surface area contributed by atoms with Gasteiger partial charge in [-0.3, -0.25) is 4.79 Å². The highest BCUT2D eigenvalue weighted by atomic mass is 16.5. The molecule has 0 bridgehead atoms. The first kappa shape index (κ1) is 17.5. The molecule has 0 N–H and O–H groups in total. The van der Waals surface area contributed by atoms with Crippen LogP contribution < -0.4 is 9.47 Å². The fourth-order valence-electron chi connectivity index (χ4n) is 2.20. The molecule has 0 aliphatic carbocycles. The van der Waals surface area contributed by atoms with Crippen LogP contribution >= 0.6 is 0 Å². The Hall–Kier alpha value is -1.51. The van der Waals surface area contributed by atoms with Crippen molar-refractivity contribution in [2.24, 2.45) is 0 Å². The van der Waals surface area contributed by atoms with Crippen molar-refractivity contribution in [2.45, 2.75) is 65.2 Å². The van der Waals surface area contributed by atoms with Gasteiger partial charge in [0, 0.05) is 6.92 Å². The van der Waals surface area contributed by atoms with Crippen molar-refractivity contribution in [3.63, 3.8) is 0 Å². The van der Waals surface area contributed by atoms with Gasteiger partial charge in [-0.2, -0.15) is 0 Å². The third-order valence-corrected chi connectivity index (χ3v) is 3.35. The summed E-state index contributed by atoms with van der Waals surface area (Å²) in [5.74, 6) is 1.08. The highest BCUT2D eigenvalue weighted by Gasteiger charge is 1.99. The first-order chi connectivity index (χ1) is 10.2. The molecule has 1 rings (SSSR count). The van der Waals surface area contributed by atoms with Gasteiger partial charge in [0.15, 0.2) is 0 Å². The summed E-state index contributed by atoms with van der Waals surface area (Å²) in [6, 6.07) is 7.18. The molecule has 0 saturated heterocycles. The number of hydrogen-bond donors (Lipinski definition) is 0. The molecule has 0 aliphatic heterocycles. The predicted octanol–water partition coefficient (Wildman–Crippen LogP) is 5.13. The number of esters is 1. The second-order valence-corrected chi connectivity index (χ2v) is 5.39. The van der Waals surface area contributed by atoms with Crippen molar-refractivity contribution in [1.82, 2.24) is 0 Å². The normalized spacial score (nSPS) is 10.4. The maximum absolute atomic E-state index is 10.8. The summed E-state index contributed by atoms with van der Waals surface area (Å²) in [5, 5.41) is 0. The zero-order valence-electron chi connectivity index (χ0n) is 13.4. The second-order valence-electron chi connectivity index (χ2n) is 5.39. The van der Waals surface area contributed by atoms with Crippen LogP contribution in [0.3, 0.4) is 0 Å². The van der Waals surface area contributed by atoms with E-state index in [9.17, 15) is 4.79 Å². The third-order valence-electron chi connectivity index (χ3n) is 3.35. The summed E-state index contributed by atoms with van der Waals surface area (Å²) in [7, 11) is 0. The molecular formula is C18H28O3. The molecule has 0 amide bonds. The molecule has 0 fully saturated rings. The number of rotatable bonds is 11. The third kappa shape index (κ3) is 9.11. The van der Waals surface area contributed by atoms with Crippen molar-refractivity contribution >= 4 is 5.97 Å². The van der Waals surface area contributed by atoms with E-state index in [1.54, 1.807) is 12.1 Å². The monoisotopic (exact) mass is 292 g/mol. The van der Waals surface area contributed by atoms with Crippen molar-refractivity contribution in [3.8, 4) is 11.5 Å². The minimum atomic E-state index is -0.303. The van der Waals surface area contributed by atoms with Crippen molar-refractivity contribution in [2.75, 3.05) is 6.61 Å². The van der Waals surface area contributed by atoms with Crippen LogP contribution in [0.5, 0.6) is 11.5 Å². The summed E-state index contributed by atoms with van der Waals surface area (Å²) in [4.78, 5) is 10.8. The first-order valence-corrected chi connectivity index (χ1v) is 8.13. The molecule has 1 aromatic rings. The van der Waals surface area contributed by atoms with Crippen LogP contribution in [-0.4, -0.2) is 12.6 Å². The summed E-state index contributed by atoms with van der Waals surface area (Å²) >= 11 is 0. The molecular weight excluding hydrogens is 264 g/mol. The van der Waals surface area contributed by atoms with Crippen LogP contribution in [0, 0.1) is 0 Å². The Balaban J connectivity index is 2.03. The van der Waals surface area contributed by atoms with Crippen molar-refractivity contribution < 1.29 is 14.3 Å². The molecule has 0 heterocycles. The number of carbonyl (C=O) groups is 1. The Morgan fingerprint density at radius 1 is 0.857 bits per heavy atom. The molecule has 0 saturated carbocycles. The number of unbranched alkanes of at least 4 members (excludes halogenated alkanes) is 7. The minimum absolute atomic E-state index is 0.303. The predicted molar refractivity (Wildman–Crippen MR) is 85.9 cm³/mol. The topological polar surface area (TPSA) is 35.5 Å². The molecule has 0 unspecified atom stereocenters. The lowest BCUT2D eigenvalue weighted by Crippen LogP contribution is -2.01. The lowest BCUT2D eigenvalue weighted by molar-refractivity contribution is -0.131. The zero-order chi connectivity index (χ0) is 15.3. The van der Waals surface area contributed by atoms with E-state index in [0.29, 0.717) is 5.75 Å². The summed E-state index contributed by atoms with van der Waals surface area (Å²) in [6.45, 7) is 4.39. The number of hydrogen-bond acceptors (Lipinski definition) is 3. The highest BCUT2D eigenvalue weighted by molar-refractivity contribution is 5.69. The maximum atomic E-state index is 10.8. The number of benzene rings is 1. The fraction of sp³-hybridized carbons (Fsp3) is 0.611. The Labute approximate surface area is 128 Å². The van der Waals surface area contributed by atoms with Crippen LogP contribution in [0.25, 0.3) is 0 Å². The summed E-state index contributed by atoms with van der Waals surface area (Å²) < 4.78 is 10.6. The maximum Gasteiger partial charge on any atom is 0.308 e. The van der Waals surface area contributed by atoms with E-state index in [-0.39, 0.29) is 5.97 Å². The molecule has 0 aliphatic rings. The average molecular weight is 292 g/mol. The molecule has 3 nitrogen and oxygen atoms in total. The van der Waals surface area contributed by atoms with Gasteiger partial charge in [-0.05, 0) is 30.7 Å². The van der Waals surface area contributed by atoms with Crippen molar-refractivity contribution in [1.29, 1.82) is 0 Å².